The van der Waals surface area contributed by atoms with Gasteiger partial charge in [-0.15, -0.1) is 0 Å². The minimum Gasteiger partial charge on any atom is -0.338 e. The summed E-state index contributed by atoms with van der Waals surface area (Å²) < 4.78 is 0. The zero-order valence-corrected chi connectivity index (χ0v) is 9.28. The molecule has 0 amide bonds. The minimum atomic E-state index is 0.587. The highest BCUT2D eigenvalue weighted by Crippen LogP contribution is 2.26. The van der Waals surface area contributed by atoms with Crippen LogP contribution in [0.1, 0.15) is 18.9 Å². The maximum absolute atomic E-state index is 5.04. The molecule has 0 aliphatic heterocycles. The summed E-state index contributed by atoms with van der Waals surface area (Å²) >= 11 is 0. The van der Waals surface area contributed by atoms with Gasteiger partial charge in [-0.3, -0.25) is 0 Å². The Kier molecular flexibility index (Phi) is 4.93. The highest BCUT2D eigenvalue weighted by atomic mass is 17.2. The molecule has 0 heterocycles. The maximum Gasteiger partial charge on any atom is 0.172 e. The molecule has 0 spiro atoms. The summed E-state index contributed by atoms with van der Waals surface area (Å²) in [6, 6.07) is 5.50. The van der Waals surface area contributed by atoms with Gasteiger partial charge >= 0.3 is 0 Å². The van der Waals surface area contributed by atoms with Crippen LogP contribution >= 0.6 is 0 Å². The van der Waals surface area contributed by atoms with E-state index in [0.29, 0.717) is 11.5 Å². The van der Waals surface area contributed by atoms with Gasteiger partial charge in [-0.1, -0.05) is 19.4 Å². The van der Waals surface area contributed by atoms with E-state index >= 15 is 0 Å². The van der Waals surface area contributed by atoms with Crippen LogP contribution in [-0.2, 0) is 16.2 Å². The smallest absolute Gasteiger partial charge is 0.172 e. The van der Waals surface area contributed by atoms with Crippen LogP contribution in [0.2, 0.25) is 0 Å². The Labute approximate surface area is 89.6 Å². The second-order valence-corrected chi connectivity index (χ2v) is 3.02. The quantitative estimate of drug-likeness (QED) is 0.536. The van der Waals surface area contributed by atoms with E-state index < -0.39 is 0 Å². The Morgan fingerprint density at radius 2 is 1.80 bits per heavy atom. The minimum absolute atomic E-state index is 0.587. The van der Waals surface area contributed by atoms with Crippen LogP contribution in [0.15, 0.2) is 18.2 Å². The van der Waals surface area contributed by atoms with Gasteiger partial charge in [0.05, 0.1) is 14.2 Å². The van der Waals surface area contributed by atoms with Crippen LogP contribution in [0, 0.1) is 0 Å². The van der Waals surface area contributed by atoms with Crippen LogP contribution in [0.3, 0.4) is 0 Å². The summed E-state index contributed by atoms with van der Waals surface area (Å²) in [5, 5.41) is 0. The molecule has 1 aromatic rings. The first-order chi connectivity index (χ1) is 7.31. The molecule has 0 aromatic heterocycles. The van der Waals surface area contributed by atoms with Gasteiger partial charge in [0.15, 0.2) is 11.5 Å². The van der Waals surface area contributed by atoms with Crippen LogP contribution in [0.25, 0.3) is 0 Å². The predicted octanol–water partition coefficient (Wildman–Crippen LogP) is 2.52. The molecule has 0 saturated carbocycles. The van der Waals surface area contributed by atoms with E-state index in [4.69, 9.17) is 9.78 Å². The van der Waals surface area contributed by atoms with Crippen molar-refractivity contribution in [1.82, 2.24) is 0 Å². The average molecular weight is 212 g/mol. The van der Waals surface area contributed by atoms with Gasteiger partial charge in [-0.05, 0) is 18.1 Å². The van der Waals surface area contributed by atoms with Crippen molar-refractivity contribution in [2.75, 3.05) is 14.2 Å². The Morgan fingerprint density at radius 1 is 1.07 bits per heavy atom. The molecule has 0 radical (unpaired) electrons. The normalized spacial score (nSPS) is 10.1. The largest absolute Gasteiger partial charge is 0.338 e. The van der Waals surface area contributed by atoms with Crippen molar-refractivity contribution in [3.63, 3.8) is 0 Å². The van der Waals surface area contributed by atoms with Gasteiger partial charge in [-0.2, -0.15) is 9.78 Å². The van der Waals surface area contributed by atoms with E-state index in [1.165, 1.54) is 14.2 Å². The SMILES string of the molecule is CCCc1ccc(OOC)cc1OOC. The van der Waals surface area contributed by atoms with Gasteiger partial charge in [0.2, 0.25) is 0 Å². The third-order valence-electron chi connectivity index (χ3n) is 1.91. The highest BCUT2D eigenvalue weighted by molar-refractivity contribution is 5.40. The molecule has 84 valence electrons. The van der Waals surface area contributed by atoms with Crippen molar-refractivity contribution in [2.45, 2.75) is 19.8 Å². The summed E-state index contributed by atoms with van der Waals surface area (Å²) in [6.07, 6.45) is 1.98. The van der Waals surface area contributed by atoms with Crippen molar-refractivity contribution in [1.29, 1.82) is 0 Å². The molecule has 0 N–H and O–H groups in total. The molecule has 0 unspecified atom stereocenters. The Balaban J connectivity index is 2.87. The fourth-order valence-electron chi connectivity index (χ4n) is 1.33. The van der Waals surface area contributed by atoms with Crippen LogP contribution in [0.5, 0.6) is 11.5 Å². The number of hydrogen-bond acceptors (Lipinski definition) is 4. The van der Waals surface area contributed by atoms with Gasteiger partial charge in [0.1, 0.15) is 0 Å². The molecule has 1 aromatic carbocycles. The van der Waals surface area contributed by atoms with E-state index in [9.17, 15) is 0 Å². The molecular formula is C11H16O4. The lowest BCUT2D eigenvalue weighted by Crippen LogP contribution is -1.98. The first-order valence-corrected chi connectivity index (χ1v) is 4.86. The lowest BCUT2D eigenvalue weighted by molar-refractivity contribution is -0.184. The topological polar surface area (TPSA) is 36.9 Å². The molecule has 0 fully saturated rings. The number of aryl methyl sites for hydroxylation is 1. The summed E-state index contributed by atoms with van der Waals surface area (Å²) in [6.45, 7) is 2.11. The summed E-state index contributed by atoms with van der Waals surface area (Å²) in [7, 11) is 2.93. The molecule has 4 nitrogen and oxygen atoms in total. The summed E-state index contributed by atoms with van der Waals surface area (Å²) in [5.74, 6) is 1.25. The molecule has 0 aliphatic carbocycles. The number of hydrogen-bond donors (Lipinski definition) is 0. The zero-order chi connectivity index (χ0) is 11.1. The Bertz CT molecular complexity index is 299. The molecule has 0 saturated heterocycles. The van der Waals surface area contributed by atoms with Crippen molar-refractivity contribution < 1.29 is 19.6 Å². The predicted molar refractivity (Wildman–Crippen MR) is 55.7 cm³/mol. The van der Waals surface area contributed by atoms with Crippen LogP contribution in [-0.4, -0.2) is 14.2 Å². The first kappa shape index (κ1) is 11.8. The number of benzene rings is 1. The second kappa shape index (κ2) is 6.27. The average Bonchev–Trinajstić information content (AvgIpc) is 2.23. The maximum atomic E-state index is 5.04. The number of rotatable bonds is 6. The fraction of sp³-hybridized carbons (Fsp3) is 0.455. The second-order valence-electron chi connectivity index (χ2n) is 3.02. The molecule has 0 aliphatic rings. The molecule has 0 atom stereocenters. The van der Waals surface area contributed by atoms with E-state index in [-0.39, 0.29) is 0 Å². The van der Waals surface area contributed by atoms with Gasteiger partial charge in [0.25, 0.3) is 0 Å². The Hall–Kier alpha value is -1.26. The lowest BCUT2D eigenvalue weighted by atomic mass is 10.1. The summed E-state index contributed by atoms with van der Waals surface area (Å²) in [5.41, 5.74) is 1.09. The van der Waals surface area contributed by atoms with Gasteiger partial charge in [0, 0.05) is 6.07 Å². The first-order valence-electron chi connectivity index (χ1n) is 4.86. The van der Waals surface area contributed by atoms with Crippen molar-refractivity contribution in [2.24, 2.45) is 0 Å². The molecule has 0 bridgehead atoms. The van der Waals surface area contributed by atoms with Gasteiger partial charge in [-0.25, -0.2) is 0 Å². The monoisotopic (exact) mass is 212 g/mol. The van der Waals surface area contributed by atoms with Gasteiger partial charge < -0.3 is 9.78 Å². The van der Waals surface area contributed by atoms with Crippen molar-refractivity contribution >= 4 is 0 Å². The van der Waals surface area contributed by atoms with Crippen molar-refractivity contribution in [3.8, 4) is 11.5 Å². The Morgan fingerprint density at radius 3 is 2.40 bits per heavy atom. The van der Waals surface area contributed by atoms with Crippen LogP contribution in [0.4, 0.5) is 0 Å². The lowest BCUT2D eigenvalue weighted by Gasteiger charge is -2.09. The molecule has 1 rings (SSSR count). The summed E-state index contributed by atoms with van der Waals surface area (Å²) in [4.78, 5) is 19.1. The van der Waals surface area contributed by atoms with Crippen LogP contribution < -0.4 is 9.78 Å². The molecule has 4 heteroatoms. The van der Waals surface area contributed by atoms with E-state index in [1.54, 1.807) is 6.07 Å². The van der Waals surface area contributed by atoms with E-state index in [0.717, 1.165) is 18.4 Å². The molecule has 15 heavy (non-hydrogen) atoms. The van der Waals surface area contributed by atoms with Crippen molar-refractivity contribution in [3.05, 3.63) is 23.8 Å². The third-order valence-corrected chi connectivity index (χ3v) is 1.91. The van der Waals surface area contributed by atoms with E-state index in [2.05, 4.69) is 16.7 Å². The fourth-order valence-corrected chi connectivity index (χ4v) is 1.33. The standard InChI is InChI=1S/C11H16O4/c1-4-5-9-6-7-10(14-12-2)8-11(9)15-13-3/h6-8H,4-5H2,1-3H3. The molecular weight excluding hydrogens is 196 g/mol. The third kappa shape index (κ3) is 3.42. The zero-order valence-electron chi connectivity index (χ0n) is 9.28. The highest BCUT2D eigenvalue weighted by Gasteiger charge is 2.06. The van der Waals surface area contributed by atoms with E-state index in [1.807, 2.05) is 12.1 Å².